The second-order valence-electron chi connectivity index (χ2n) is 6.48. The van der Waals surface area contributed by atoms with Gasteiger partial charge in [-0.05, 0) is 36.6 Å². The summed E-state index contributed by atoms with van der Waals surface area (Å²) in [4.78, 5) is 27.3. The third-order valence-electron chi connectivity index (χ3n) is 4.47. The van der Waals surface area contributed by atoms with Crippen LogP contribution in [0.4, 0.5) is 0 Å². The highest BCUT2D eigenvalue weighted by molar-refractivity contribution is 9.10. The molecule has 0 saturated carbocycles. The first-order valence-electron chi connectivity index (χ1n) is 8.39. The standard InChI is InChI=1S/C20H21BrN2O2/c1-13(2)23-18(24)11-14-7-3-5-9-16(14)19(23)20(25)22-12-15-8-4-6-10-17(15)21/h3-10,13,19H,11-12H2,1-2H3,(H,22,25)/t19-/m1/s1. The Labute approximate surface area is 156 Å². The molecule has 0 unspecified atom stereocenters. The minimum atomic E-state index is -0.583. The SMILES string of the molecule is CC(C)N1C(=O)Cc2ccccc2[C@@H]1C(=O)NCc1ccccc1Br. The lowest BCUT2D eigenvalue weighted by atomic mass is 9.90. The maximum Gasteiger partial charge on any atom is 0.247 e. The van der Waals surface area contributed by atoms with Gasteiger partial charge in [-0.2, -0.15) is 0 Å². The van der Waals surface area contributed by atoms with Crippen LogP contribution < -0.4 is 5.32 Å². The second-order valence-corrected chi connectivity index (χ2v) is 7.34. The zero-order chi connectivity index (χ0) is 18.0. The van der Waals surface area contributed by atoms with Gasteiger partial charge in [0.2, 0.25) is 11.8 Å². The number of benzene rings is 2. The Morgan fingerprint density at radius 2 is 1.88 bits per heavy atom. The number of carbonyl (C=O) groups excluding carboxylic acids is 2. The Morgan fingerprint density at radius 1 is 1.20 bits per heavy atom. The van der Waals surface area contributed by atoms with Gasteiger partial charge in [-0.25, -0.2) is 0 Å². The van der Waals surface area contributed by atoms with E-state index >= 15 is 0 Å². The average molecular weight is 401 g/mol. The van der Waals surface area contributed by atoms with Crippen molar-refractivity contribution in [3.8, 4) is 0 Å². The molecule has 0 bridgehead atoms. The Balaban J connectivity index is 1.88. The number of amides is 2. The third kappa shape index (κ3) is 3.61. The molecule has 2 aromatic rings. The van der Waals surface area contributed by atoms with Crippen molar-refractivity contribution in [3.63, 3.8) is 0 Å². The molecule has 3 rings (SSSR count). The van der Waals surface area contributed by atoms with E-state index in [1.165, 1.54) is 0 Å². The third-order valence-corrected chi connectivity index (χ3v) is 5.25. The predicted octanol–water partition coefficient (Wildman–Crippen LogP) is 3.60. The van der Waals surface area contributed by atoms with E-state index in [4.69, 9.17) is 0 Å². The van der Waals surface area contributed by atoms with E-state index in [1.54, 1.807) is 4.90 Å². The van der Waals surface area contributed by atoms with Gasteiger partial charge in [-0.1, -0.05) is 58.4 Å². The first kappa shape index (κ1) is 17.7. The van der Waals surface area contributed by atoms with Gasteiger partial charge in [-0.3, -0.25) is 9.59 Å². The van der Waals surface area contributed by atoms with Crippen molar-refractivity contribution in [3.05, 3.63) is 69.7 Å². The van der Waals surface area contributed by atoms with Crippen molar-refractivity contribution in [2.24, 2.45) is 0 Å². The van der Waals surface area contributed by atoms with Gasteiger partial charge in [0.15, 0.2) is 0 Å². The molecule has 1 atom stereocenters. The molecule has 130 valence electrons. The maximum absolute atomic E-state index is 13.0. The first-order valence-corrected chi connectivity index (χ1v) is 9.18. The normalized spacial score (nSPS) is 16.7. The molecule has 0 aliphatic carbocycles. The number of hydrogen-bond donors (Lipinski definition) is 1. The van der Waals surface area contributed by atoms with E-state index in [-0.39, 0.29) is 17.9 Å². The highest BCUT2D eigenvalue weighted by atomic mass is 79.9. The van der Waals surface area contributed by atoms with Gasteiger partial charge in [0, 0.05) is 17.1 Å². The summed E-state index contributed by atoms with van der Waals surface area (Å²) >= 11 is 3.50. The van der Waals surface area contributed by atoms with Gasteiger partial charge in [-0.15, -0.1) is 0 Å². The fourth-order valence-corrected chi connectivity index (χ4v) is 3.71. The van der Waals surface area contributed by atoms with Crippen molar-refractivity contribution in [2.45, 2.75) is 38.9 Å². The van der Waals surface area contributed by atoms with Crippen molar-refractivity contribution < 1.29 is 9.59 Å². The van der Waals surface area contributed by atoms with E-state index in [9.17, 15) is 9.59 Å². The van der Waals surface area contributed by atoms with Crippen LogP contribution in [0.3, 0.4) is 0 Å². The zero-order valence-corrected chi connectivity index (χ0v) is 15.9. The van der Waals surface area contributed by atoms with Gasteiger partial charge in [0.25, 0.3) is 0 Å². The van der Waals surface area contributed by atoms with Crippen molar-refractivity contribution in [2.75, 3.05) is 0 Å². The predicted molar refractivity (Wildman–Crippen MR) is 101 cm³/mol. The minimum absolute atomic E-state index is 0.00487. The summed E-state index contributed by atoms with van der Waals surface area (Å²) in [6.45, 7) is 4.30. The molecular formula is C20H21BrN2O2. The van der Waals surface area contributed by atoms with Crippen LogP contribution in [0.2, 0.25) is 0 Å². The highest BCUT2D eigenvalue weighted by Gasteiger charge is 2.38. The summed E-state index contributed by atoms with van der Waals surface area (Å²) in [7, 11) is 0. The molecule has 2 amide bonds. The van der Waals surface area contributed by atoms with Crippen LogP contribution in [0.15, 0.2) is 53.0 Å². The summed E-state index contributed by atoms with van der Waals surface area (Å²) < 4.78 is 0.955. The average Bonchev–Trinajstić information content (AvgIpc) is 2.59. The molecule has 25 heavy (non-hydrogen) atoms. The first-order chi connectivity index (χ1) is 12.0. The zero-order valence-electron chi connectivity index (χ0n) is 14.3. The molecule has 0 radical (unpaired) electrons. The van der Waals surface area contributed by atoms with Crippen molar-refractivity contribution in [1.82, 2.24) is 10.2 Å². The minimum Gasteiger partial charge on any atom is -0.350 e. The highest BCUT2D eigenvalue weighted by Crippen LogP contribution is 2.32. The molecule has 1 aliphatic heterocycles. The van der Waals surface area contributed by atoms with Crippen LogP contribution in [-0.4, -0.2) is 22.8 Å². The molecular weight excluding hydrogens is 380 g/mol. The summed E-state index contributed by atoms with van der Waals surface area (Å²) in [6, 6.07) is 14.9. The van der Waals surface area contributed by atoms with Crippen LogP contribution in [0, 0.1) is 0 Å². The quantitative estimate of drug-likeness (QED) is 0.851. The molecule has 1 aliphatic rings. The lowest BCUT2D eigenvalue weighted by Gasteiger charge is -2.39. The van der Waals surface area contributed by atoms with Gasteiger partial charge in [0.05, 0.1) is 6.42 Å². The number of fused-ring (bicyclic) bond motifs is 1. The maximum atomic E-state index is 13.0. The van der Waals surface area contributed by atoms with Crippen LogP contribution in [0.5, 0.6) is 0 Å². The molecule has 1 N–H and O–H groups in total. The van der Waals surface area contributed by atoms with Gasteiger partial charge < -0.3 is 10.2 Å². The monoisotopic (exact) mass is 400 g/mol. The summed E-state index contributed by atoms with van der Waals surface area (Å²) in [5, 5.41) is 2.99. The van der Waals surface area contributed by atoms with E-state index in [1.807, 2.05) is 62.4 Å². The Morgan fingerprint density at radius 3 is 2.60 bits per heavy atom. The van der Waals surface area contributed by atoms with E-state index in [2.05, 4.69) is 21.2 Å². The largest absolute Gasteiger partial charge is 0.350 e. The fourth-order valence-electron chi connectivity index (χ4n) is 3.28. The Bertz CT molecular complexity index is 804. The lowest BCUT2D eigenvalue weighted by Crippen LogP contribution is -2.50. The summed E-state index contributed by atoms with van der Waals surface area (Å²) in [6.07, 6.45) is 0.350. The fraction of sp³-hybridized carbons (Fsp3) is 0.300. The molecule has 4 nitrogen and oxygen atoms in total. The lowest BCUT2D eigenvalue weighted by molar-refractivity contribution is -0.143. The molecule has 5 heteroatoms. The summed E-state index contributed by atoms with van der Waals surface area (Å²) in [5.41, 5.74) is 2.85. The Kier molecular flexibility index (Phi) is 5.23. The number of carbonyl (C=O) groups is 2. The van der Waals surface area contributed by atoms with Crippen LogP contribution in [-0.2, 0) is 22.6 Å². The number of nitrogens with zero attached hydrogens (tertiary/aromatic N) is 1. The number of nitrogens with one attached hydrogen (secondary N) is 1. The smallest absolute Gasteiger partial charge is 0.247 e. The van der Waals surface area contributed by atoms with Gasteiger partial charge in [0.1, 0.15) is 6.04 Å². The second kappa shape index (κ2) is 7.40. The van der Waals surface area contributed by atoms with E-state index < -0.39 is 6.04 Å². The molecule has 0 fully saturated rings. The number of hydrogen-bond acceptors (Lipinski definition) is 2. The van der Waals surface area contributed by atoms with Crippen LogP contribution >= 0.6 is 15.9 Å². The number of rotatable bonds is 4. The van der Waals surface area contributed by atoms with Crippen molar-refractivity contribution >= 4 is 27.7 Å². The molecule has 0 saturated heterocycles. The molecule has 0 spiro atoms. The van der Waals surface area contributed by atoms with E-state index in [0.29, 0.717) is 13.0 Å². The molecule has 1 heterocycles. The number of halogens is 1. The van der Waals surface area contributed by atoms with Gasteiger partial charge >= 0.3 is 0 Å². The Hall–Kier alpha value is -2.14. The molecule has 2 aromatic carbocycles. The van der Waals surface area contributed by atoms with Crippen LogP contribution in [0.25, 0.3) is 0 Å². The topological polar surface area (TPSA) is 49.4 Å². The van der Waals surface area contributed by atoms with Crippen LogP contribution in [0.1, 0.15) is 36.6 Å². The molecule has 0 aromatic heterocycles. The summed E-state index contributed by atoms with van der Waals surface area (Å²) in [5.74, 6) is -0.153. The van der Waals surface area contributed by atoms with Crippen molar-refractivity contribution in [1.29, 1.82) is 0 Å². The van der Waals surface area contributed by atoms with E-state index in [0.717, 1.165) is 21.2 Å².